The van der Waals surface area contributed by atoms with Crippen molar-refractivity contribution in [3.63, 3.8) is 0 Å². The summed E-state index contributed by atoms with van der Waals surface area (Å²) in [4.78, 5) is 19.8. The van der Waals surface area contributed by atoms with Gasteiger partial charge in [0.2, 0.25) is 5.91 Å². The van der Waals surface area contributed by atoms with Crippen molar-refractivity contribution in [2.24, 2.45) is 0 Å². The zero-order valence-corrected chi connectivity index (χ0v) is 20.8. The van der Waals surface area contributed by atoms with Crippen molar-refractivity contribution in [2.75, 3.05) is 27.3 Å². The third-order valence-corrected chi connectivity index (χ3v) is 7.05. The highest BCUT2D eigenvalue weighted by molar-refractivity contribution is 7.13. The number of hydrogen-bond donors (Lipinski definition) is 1. The first-order valence-electron chi connectivity index (χ1n) is 11.9. The zero-order chi connectivity index (χ0) is 23.8. The highest BCUT2D eigenvalue weighted by Crippen LogP contribution is 2.33. The van der Waals surface area contributed by atoms with Gasteiger partial charge in [-0.2, -0.15) is 0 Å². The molecule has 1 aliphatic rings. The van der Waals surface area contributed by atoms with Gasteiger partial charge in [0.1, 0.15) is 5.01 Å². The molecule has 0 aliphatic carbocycles. The number of rotatable bonds is 9. The lowest BCUT2D eigenvalue weighted by Crippen LogP contribution is -2.25. The van der Waals surface area contributed by atoms with E-state index in [2.05, 4.69) is 39.5 Å². The Kier molecular flexibility index (Phi) is 8.55. The zero-order valence-electron chi connectivity index (χ0n) is 20.0. The summed E-state index contributed by atoms with van der Waals surface area (Å²) < 4.78 is 10.7. The van der Waals surface area contributed by atoms with E-state index >= 15 is 0 Å². The number of likely N-dealkylation sites (tertiary alicyclic amines) is 1. The minimum atomic E-state index is -0.0258. The molecule has 4 rings (SSSR count). The maximum Gasteiger partial charge on any atom is 0.226 e. The van der Waals surface area contributed by atoms with Gasteiger partial charge in [0.15, 0.2) is 11.5 Å². The third kappa shape index (κ3) is 6.58. The molecule has 0 saturated carbocycles. The van der Waals surface area contributed by atoms with Crippen molar-refractivity contribution < 1.29 is 14.3 Å². The van der Waals surface area contributed by atoms with Gasteiger partial charge in [0.25, 0.3) is 0 Å². The minimum Gasteiger partial charge on any atom is -0.493 e. The van der Waals surface area contributed by atoms with Gasteiger partial charge in [-0.1, -0.05) is 37.1 Å². The van der Waals surface area contributed by atoms with Gasteiger partial charge >= 0.3 is 0 Å². The molecular formula is C27H33N3O3S. The molecule has 1 aromatic heterocycles. The number of aromatic nitrogens is 1. The Hall–Kier alpha value is -2.90. The molecule has 1 saturated heterocycles. The molecule has 6 nitrogen and oxygen atoms in total. The predicted octanol–water partition coefficient (Wildman–Crippen LogP) is 5.06. The Morgan fingerprint density at radius 2 is 1.76 bits per heavy atom. The topological polar surface area (TPSA) is 63.7 Å². The quantitative estimate of drug-likeness (QED) is 0.465. The van der Waals surface area contributed by atoms with Crippen LogP contribution in [-0.4, -0.2) is 43.1 Å². The molecule has 1 N–H and O–H groups in total. The monoisotopic (exact) mass is 479 g/mol. The van der Waals surface area contributed by atoms with Gasteiger partial charge in [-0.15, -0.1) is 11.3 Å². The molecule has 1 amide bonds. The molecule has 7 heteroatoms. The highest BCUT2D eigenvalue weighted by Gasteiger charge is 2.13. The van der Waals surface area contributed by atoms with Crippen LogP contribution in [0.4, 0.5) is 0 Å². The number of amides is 1. The lowest BCUT2D eigenvalue weighted by Gasteiger charge is -2.20. The Bertz CT molecular complexity index is 1090. The molecule has 0 unspecified atom stereocenters. The fourth-order valence-electron chi connectivity index (χ4n) is 4.31. The van der Waals surface area contributed by atoms with Crippen LogP contribution in [0.25, 0.3) is 10.6 Å². The van der Waals surface area contributed by atoms with Crippen LogP contribution in [0, 0.1) is 0 Å². The molecule has 0 radical (unpaired) electrons. The molecule has 2 heterocycles. The number of nitrogens with one attached hydrogen (secondary N) is 1. The van der Waals surface area contributed by atoms with Gasteiger partial charge in [0.05, 0.1) is 26.3 Å². The average Bonchev–Trinajstić information content (AvgIpc) is 3.17. The highest BCUT2D eigenvalue weighted by atomic mass is 32.1. The van der Waals surface area contributed by atoms with E-state index in [9.17, 15) is 4.79 Å². The molecule has 34 heavy (non-hydrogen) atoms. The molecule has 180 valence electrons. The van der Waals surface area contributed by atoms with Gasteiger partial charge in [-0.05, 0) is 55.3 Å². The van der Waals surface area contributed by atoms with Crippen LogP contribution in [-0.2, 0) is 24.3 Å². The first kappa shape index (κ1) is 24.2. The van der Waals surface area contributed by atoms with Crippen molar-refractivity contribution in [1.29, 1.82) is 0 Å². The Labute approximate surface area is 205 Å². The molecule has 1 aliphatic heterocycles. The van der Waals surface area contributed by atoms with Gasteiger partial charge in [-0.3, -0.25) is 9.69 Å². The molecule has 0 atom stereocenters. The second-order valence-electron chi connectivity index (χ2n) is 8.68. The SMILES string of the molecule is COc1ccc(-c2nc(CC(=O)NCc3cccc(CN4CCCCCC4)c3)cs2)cc1OC. The van der Waals surface area contributed by atoms with Crippen LogP contribution in [0.1, 0.15) is 42.5 Å². The van der Waals surface area contributed by atoms with E-state index in [0.29, 0.717) is 18.0 Å². The predicted molar refractivity (Wildman–Crippen MR) is 136 cm³/mol. The van der Waals surface area contributed by atoms with Crippen molar-refractivity contribution in [1.82, 2.24) is 15.2 Å². The number of benzene rings is 2. The smallest absolute Gasteiger partial charge is 0.226 e. The number of carbonyl (C=O) groups excluding carboxylic acids is 1. The molecule has 3 aromatic rings. The summed E-state index contributed by atoms with van der Waals surface area (Å²) in [6.07, 6.45) is 5.53. The molecular weight excluding hydrogens is 446 g/mol. The summed E-state index contributed by atoms with van der Waals surface area (Å²) in [7, 11) is 3.23. The Balaban J connectivity index is 1.30. The van der Waals surface area contributed by atoms with E-state index in [0.717, 1.165) is 28.4 Å². The Morgan fingerprint density at radius 1 is 1.00 bits per heavy atom. The maximum atomic E-state index is 12.6. The Morgan fingerprint density at radius 3 is 2.53 bits per heavy atom. The first-order valence-corrected chi connectivity index (χ1v) is 12.8. The number of hydrogen-bond acceptors (Lipinski definition) is 6. The van der Waals surface area contributed by atoms with Crippen LogP contribution in [0.3, 0.4) is 0 Å². The second-order valence-corrected chi connectivity index (χ2v) is 9.54. The summed E-state index contributed by atoms with van der Waals surface area (Å²) >= 11 is 1.52. The van der Waals surface area contributed by atoms with Crippen LogP contribution in [0.2, 0.25) is 0 Å². The van der Waals surface area contributed by atoms with E-state index < -0.39 is 0 Å². The number of nitrogens with zero attached hydrogens (tertiary/aromatic N) is 2. The van der Waals surface area contributed by atoms with E-state index in [1.54, 1.807) is 14.2 Å². The normalized spacial score (nSPS) is 14.4. The molecule has 0 spiro atoms. The van der Waals surface area contributed by atoms with Gasteiger partial charge < -0.3 is 14.8 Å². The van der Waals surface area contributed by atoms with E-state index in [4.69, 9.17) is 9.47 Å². The van der Waals surface area contributed by atoms with Gasteiger partial charge in [-0.25, -0.2) is 4.98 Å². The standard InChI is InChI=1S/C27H33N3O3S/c1-32-24-11-10-22(15-25(24)33-2)27-29-23(19-34-27)16-26(31)28-17-20-8-7-9-21(14-20)18-30-12-5-3-4-6-13-30/h7-11,14-15,19H,3-6,12-13,16-18H2,1-2H3,(H,28,31). The molecule has 1 fully saturated rings. The summed E-state index contributed by atoms with van der Waals surface area (Å²) in [5.74, 6) is 1.31. The fourth-order valence-corrected chi connectivity index (χ4v) is 5.12. The van der Waals surface area contributed by atoms with E-state index in [1.165, 1.54) is 55.7 Å². The van der Waals surface area contributed by atoms with Crippen molar-refractivity contribution in [3.8, 4) is 22.1 Å². The second kappa shape index (κ2) is 12.0. The largest absolute Gasteiger partial charge is 0.493 e. The van der Waals surface area contributed by atoms with E-state index in [-0.39, 0.29) is 12.3 Å². The molecule has 2 aromatic carbocycles. The molecule has 0 bridgehead atoms. The summed E-state index contributed by atoms with van der Waals surface area (Å²) in [5, 5.41) is 5.84. The summed E-state index contributed by atoms with van der Waals surface area (Å²) in [6.45, 7) is 3.87. The minimum absolute atomic E-state index is 0.0258. The van der Waals surface area contributed by atoms with Crippen LogP contribution in [0.5, 0.6) is 11.5 Å². The average molecular weight is 480 g/mol. The summed E-state index contributed by atoms with van der Waals surface area (Å²) in [6, 6.07) is 14.3. The third-order valence-electron chi connectivity index (χ3n) is 6.11. The van der Waals surface area contributed by atoms with Crippen molar-refractivity contribution in [3.05, 3.63) is 64.7 Å². The van der Waals surface area contributed by atoms with Gasteiger partial charge in [0, 0.05) is 24.0 Å². The summed E-state index contributed by atoms with van der Waals surface area (Å²) in [5.41, 5.74) is 4.15. The number of methoxy groups -OCH3 is 2. The maximum absolute atomic E-state index is 12.6. The number of carbonyl (C=O) groups is 1. The lowest BCUT2D eigenvalue weighted by molar-refractivity contribution is -0.120. The number of thiazole rings is 1. The van der Waals surface area contributed by atoms with Crippen molar-refractivity contribution >= 4 is 17.2 Å². The van der Waals surface area contributed by atoms with E-state index in [1.807, 2.05) is 23.6 Å². The van der Waals surface area contributed by atoms with Crippen molar-refractivity contribution in [2.45, 2.75) is 45.2 Å². The fraction of sp³-hybridized carbons (Fsp3) is 0.407. The number of ether oxygens (including phenoxy) is 2. The van der Waals surface area contributed by atoms with Crippen LogP contribution < -0.4 is 14.8 Å². The first-order chi connectivity index (χ1) is 16.6. The van der Waals surface area contributed by atoms with Crippen LogP contribution in [0.15, 0.2) is 47.8 Å². The lowest BCUT2D eigenvalue weighted by atomic mass is 10.1. The van der Waals surface area contributed by atoms with Crippen LogP contribution >= 0.6 is 11.3 Å².